The van der Waals surface area contributed by atoms with Crippen LogP contribution in [-0.4, -0.2) is 77.8 Å². The first-order valence-electron chi connectivity index (χ1n) is 7.13. The Morgan fingerprint density at radius 1 is 1.05 bits per heavy atom. The van der Waals surface area contributed by atoms with Crippen molar-refractivity contribution >= 4 is 0 Å². The van der Waals surface area contributed by atoms with Crippen LogP contribution in [0.5, 0.6) is 0 Å². The fourth-order valence-corrected chi connectivity index (χ4v) is 2.06. The van der Waals surface area contributed by atoms with Gasteiger partial charge < -0.3 is 19.5 Å². The van der Waals surface area contributed by atoms with Gasteiger partial charge in [0.1, 0.15) is 0 Å². The van der Waals surface area contributed by atoms with E-state index in [1.807, 2.05) is 0 Å². The topological polar surface area (TPSA) is 43.0 Å². The average molecular weight is 276 g/mol. The summed E-state index contributed by atoms with van der Waals surface area (Å²) in [6.07, 6.45) is 1.13. The SMILES string of the molecule is CCCNC(COC)CN(CCOC)C(C)COC. The first-order chi connectivity index (χ1) is 9.19. The van der Waals surface area contributed by atoms with Crippen LogP contribution in [-0.2, 0) is 14.2 Å². The molecular weight excluding hydrogens is 244 g/mol. The predicted octanol–water partition coefficient (Wildman–Crippen LogP) is 0.984. The van der Waals surface area contributed by atoms with Gasteiger partial charge in [-0.2, -0.15) is 0 Å². The summed E-state index contributed by atoms with van der Waals surface area (Å²) in [4.78, 5) is 2.39. The van der Waals surface area contributed by atoms with E-state index in [-0.39, 0.29) is 0 Å². The minimum Gasteiger partial charge on any atom is -0.383 e. The zero-order valence-electron chi connectivity index (χ0n) is 13.3. The summed E-state index contributed by atoms with van der Waals surface area (Å²) in [5, 5.41) is 3.53. The van der Waals surface area contributed by atoms with Gasteiger partial charge in [-0.25, -0.2) is 0 Å². The Labute approximate surface area is 118 Å². The third-order valence-electron chi connectivity index (χ3n) is 3.12. The zero-order chi connectivity index (χ0) is 14.5. The molecule has 0 aromatic rings. The lowest BCUT2D eigenvalue weighted by molar-refractivity contribution is 0.0579. The normalized spacial score (nSPS) is 14.8. The van der Waals surface area contributed by atoms with Gasteiger partial charge in [0.15, 0.2) is 0 Å². The van der Waals surface area contributed by atoms with Gasteiger partial charge >= 0.3 is 0 Å². The molecule has 0 heterocycles. The summed E-state index contributed by atoms with van der Waals surface area (Å²) in [5.74, 6) is 0. The number of rotatable bonds is 13. The summed E-state index contributed by atoms with van der Waals surface area (Å²) in [7, 11) is 5.23. The highest BCUT2D eigenvalue weighted by Gasteiger charge is 2.18. The molecule has 19 heavy (non-hydrogen) atoms. The van der Waals surface area contributed by atoms with Crippen LogP contribution < -0.4 is 5.32 Å². The quantitative estimate of drug-likeness (QED) is 0.543. The largest absolute Gasteiger partial charge is 0.383 e. The van der Waals surface area contributed by atoms with Crippen molar-refractivity contribution in [3.63, 3.8) is 0 Å². The molecule has 0 bridgehead atoms. The summed E-state index contributed by atoms with van der Waals surface area (Å²) in [6.45, 7) is 9.43. The van der Waals surface area contributed by atoms with Gasteiger partial charge in [0, 0.05) is 46.5 Å². The van der Waals surface area contributed by atoms with E-state index in [9.17, 15) is 0 Å². The smallest absolute Gasteiger partial charge is 0.0628 e. The number of hydrogen-bond donors (Lipinski definition) is 1. The van der Waals surface area contributed by atoms with Crippen LogP contribution in [0.3, 0.4) is 0 Å². The van der Waals surface area contributed by atoms with Crippen molar-refractivity contribution in [3.8, 4) is 0 Å². The predicted molar refractivity (Wildman–Crippen MR) is 78.7 cm³/mol. The minimum atomic E-state index is 0.348. The molecule has 5 heteroatoms. The highest BCUT2D eigenvalue weighted by Crippen LogP contribution is 2.02. The summed E-state index contributed by atoms with van der Waals surface area (Å²) in [6, 6.07) is 0.726. The average Bonchev–Trinajstić information content (AvgIpc) is 2.40. The molecule has 0 aliphatic heterocycles. The monoisotopic (exact) mass is 276 g/mol. The molecule has 2 atom stereocenters. The highest BCUT2D eigenvalue weighted by atomic mass is 16.5. The maximum absolute atomic E-state index is 5.29. The van der Waals surface area contributed by atoms with Gasteiger partial charge in [-0.15, -0.1) is 0 Å². The number of hydrogen-bond acceptors (Lipinski definition) is 5. The third-order valence-corrected chi connectivity index (χ3v) is 3.12. The molecule has 5 nitrogen and oxygen atoms in total. The molecule has 116 valence electrons. The Kier molecular flexibility index (Phi) is 12.7. The molecule has 0 aromatic heterocycles. The Bertz CT molecular complexity index is 194. The second-order valence-corrected chi connectivity index (χ2v) is 4.90. The molecule has 0 aromatic carbocycles. The van der Waals surface area contributed by atoms with Gasteiger partial charge in [-0.05, 0) is 19.9 Å². The first kappa shape index (κ1) is 18.8. The molecule has 0 saturated carbocycles. The zero-order valence-corrected chi connectivity index (χ0v) is 13.3. The minimum absolute atomic E-state index is 0.348. The van der Waals surface area contributed by atoms with Crippen LogP contribution >= 0.6 is 0 Å². The van der Waals surface area contributed by atoms with E-state index in [4.69, 9.17) is 14.2 Å². The van der Waals surface area contributed by atoms with E-state index in [1.165, 1.54) is 0 Å². The lowest BCUT2D eigenvalue weighted by Gasteiger charge is -2.32. The number of nitrogens with zero attached hydrogens (tertiary/aromatic N) is 1. The second kappa shape index (κ2) is 12.8. The fraction of sp³-hybridized carbons (Fsp3) is 1.00. The maximum Gasteiger partial charge on any atom is 0.0628 e. The fourth-order valence-electron chi connectivity index (χ4n) is 2.06. The van der Waals surface area contributed by atoms with E-state index < -0.39 is 0 Å². The molecule has 2 unspecified atom stereocenters. The van der Waals surface area contributed by atoms with Crippen LogP contribution in [0.1, 0.15) is 20.3 Å². The van der Waals surface area contributed by atoms with Crippen LogP contribution in [0.15, 0.2) is 0 Å². The van der Waals surface area contributed by atoms with Gasteiger partial charge in [-0.3, -0.25) is 4.90 Å². The molecule has 0 amide bonds. The van der Waals surface area contributed by atoms with Gasteiger partial charge in [0.25, 0.3) is 0 Å². The molecule has 0 aliphatic carbocycles. The highest BCUT2D eigenvalue weighted by molar-refractivity contribution is 4.75. The second-order valence-electron chi connectivity index (χ2n) is 4.90. The van der Waals surface area contributed by atoms with Gasteiger partial charge in [0.05, 0.1) is 19.8 Å². The maximum atomic E-state index is 5.29. The van der Waals surface area contributed by atoms with Gasteiger partial charge in [-0.1, -0.05) is 6.92 Å². The molecular formula is C14H32N2O3. The Morgan fingerprint density at radius 3 is 2.26 bits per heavy atom. The van der Waals surface area contributed by atoms with Crippen LogP contribution in [0, 0.1) is 0 Å². The number of methoxy groups -OCH3 is 3. The van der Waals surface area contributed by atoms with Gasteiger partial charge in [0.2, 0.25) is 0 Å². The Hall–Kier alpha value is -0.200. The Balaban J connectivity index is 4.35. The lowest BCUT2D eigenvalue weighted by Crippen LogP contribution is -2.49. The molecule has 1 N–H and O–H groups in total. The van der Waals surface area contributed by atoms with Crippen molar-refractivity contribution in [3.05, 3.63) is 0 Å². The van der Waals surface area contributed by atoms with E-state index in [0.717, 1.165) is 45.9 Å². The van der Waals surface area contributed by atoms with Crippen molar-refractivity contribution < 1.29 is 14.2 Å². The molecule has 0 aliphatic rings. The molecule has 0 saturated heterocycles. The summed E-state index contributed by atoms with van der Waals surface area (Å²) in [5.41, 5.74) is 0. The number of nitrogens with one attached hydrogen (secondary N) is 1. The van der Waals surface area contributed by atoms with E-state index in [0.29, 0.717) is 12.1 Å². The molecule has 0 rings (SSSR count). The van der Waals surface area contributed by atoms with Crippen LogP contribution in [0.4, 0.5) is 0 Å². The number of ether oxygens (including phenoxy) is 3. The van der Waals surface area contributed by atoms with Crippen molar-refractivity contribution in [2.75, 3.05) is 60.8 Å². The van der Waals surface area contributed by atoms with E-state index in [1.54, 1.807) is 21.3 Å². The summed E-state index contributed by atoms with van der Waals surface area (Å²) >= 11 is 0. The van der Waals surface area contributed by atoms with E-state index >= 15 is 0 Å². The van der Waals surface area contributed by atoms with Crippen LogP contribution in [0.25, 0.3) is 0 Å². The lowest BCUT2D eigenvalue weighted by atomic mass is 10.2. The first-order valence-corrected chi connectivity index (χ1v) is 7.13. The Morgan fingerprint density at radius 2 is 1.74 bits per heavy atom. The molecule has 0 spiro atoms. The van der Waals surface area contributed by atoms with Crippen molar-refractivity contribution in [1.82, 2.24) is 10.2 Å². The standard InChI is InChI=1S/C14H32N2O3/c1-6-7-15-14(12-19-5)10-16(8-9-17-3)13(2)11-18-4/h13-15H,6-12H2,1-5H3. The summed E-state index contributed by atoms with van der Waals surface area (Å²) < 4.78 is 15.7. The van der Waals surface area contributed by atoms with Crippen molar-refractivity contribution in [1.29, 1.82) is 0 Å². The van der Waals surface area contributed by atoms with Crippen molar-refractivity contribution in [2.24, 2.45) is 0 Å². The molecule has 0 radical (unpaired) electrons. The molecule has 0 fully saturated rings. The van der Waals surface area contributed by atoms with Crippen molar-refractivity contribution in [2.45, 2.75) is 32.4 Å². The van der Waals surface area contributed by atoms with E-state index in [2.05, 4.69) is 24.1 Å². The third kappa shape index (κ3) is 9.35. The van der Waals surface area contributed by atoms with Crippen LogP contribution in [0.2, 0.25) is 0 Å².